The van der Waals surface area contributed by atoms with Gasteiger partial charge in [0.05, 0.1) is 18.1 Å². The Morgan fingerprint density at radius 2 is 1.89 bits per heavy atom. The minimum absolute atomic E-state index is 0.262. The first-order valence-electron chi connectivity index (χ1n) is 5.87. The van der Waals surface area contributed by atoms with E-state index in [1.165, 1.54) is 0 Å². The van der Waals surface area contributed by atoms with E-state index in [-0.39, 0.29) is 5.91 Å². The maximum atomic E-state index is 11.9. The van der Waals surface area contributed by atoms with E-state index in [4.69, 9.17) is 10.5 Å². The molecule has 2 rings (SSSR count). The van der Waals surface area contributed by atoms with Gasteiger partial charge in [0.15, 0.2) is 0 Å². The Morgan fingerprint density at radius 3 is 2.37 bits per heavy atom. The summed E-state index contributed by atoms with van der Waals surface area (Å²) in [6, 6.07) is 13.1. The van der Waals surface area contributed by atoms with Crippen LogP contribution in [0, 0.1) is 34.5 Å². The van der Waals surface area contributed by atoms with Gasteiger partial charge in [-0.15, -0.1) is 0 Å². The van der Waals surface area contributed by atoms with Crippen LogP contribution in [0.4, 0.5) is 0 Å². The van der Waals surface area contributed by atoms with Crippen LogP contribution in [-0.2, 0) is 4.79 Å². The quantitative estimate of drug-likeness (QED) is 0.885. The molecule has 0 spiro atoms. The molecule has 0 aliphatic carbocycles. The van der Waals surface area contributed by atoms with Gasteiger partial charge in [0.25, 0.3) is 0 Å². The summed E-state index contributed by atoms with van der Waals surface area (Å²) in [6.07, 6.45) is 0. The van der Waals surface area contributed by atoms with Crippen LogP contribution in [0.1, 0.15) is 18.4 Å². The number of hydrogen-bond acceptors (Lipinski definition) is 4. The highest BCUT2D eigenvalue weighted by atomic mass is 16.2. The maximum absolute atomic E-state index is 11.9. The summed E-state index contributed by atoms with van der Waals surface area (Å²) in [7, 11) is 0. The van der Waals surface area contributed by atoms with Crippen molar-refractivity contribution in [1.82, 2.24) is 5.43 Å². The van der Waals surface area contributed by atoms with Crippen molar-refractivity contribution in [1.29, 1.82) is 10.5 Å². The minimum atomic E-state index is -0.888. The van der Waals surface area contributed by atoms with Gasteiger partial charge in [0.2, 0.25) is 5.91 Å². The van der Waals surface area contributed by atoms with E-state index in [9.17, 15) is 4.79 Å². The minimum Gasteiger partial charge on any atom is -0.272 e. The molecule has 19 heavy (non-hydrogen) atoms. The topological polar surface area (TPSA) is 89.0 Å². The van der Waals surface area contributed by atoms with Crippen molar-refractivity contribution in [2.45, 2.75) is 12.8 Å². The number of nitriles is 2. The lowest BCUT2D eigenvalue weighted by Gasteiger charge is -2.22. The third kappa shape index (κ3) is 2.31. The fourth-order valence-corrected chi connectivity index (χ4v) is 2.34. The highest BCUT2D eigenvalue weighted by molar-refractivity contribution is 6.07. The van der Waals surface area contributed by atoms with Crippen LogP contribution in [0.2, 0.25) is 0 Å². The first-order valence-corrected chi connectivity index (χ1v) is 5.87. The predicted molar refractivity (Wildman–Crippen MR) is 68.6 cm³/mol. The summed E-state index contributed by atoms with van der Waals surface area (Å²) in [5.41, 5.74) is 3.81. The first-order chi connectivity index (χ1) is 9.19. The number of amides is 1. The Kier molecular flexibility index (Phi) is 3.58. The third-order valence-electron chi connectivity index (χ3n) is 3.26. The fourth-order valence-electron chi connectivity index (χ4n) is 2.34. The van der Waals surface area contributed by atoms with Crippen molar-refractivity contribution < 1.29 is 4.79 Å². The number of benzene rings is 1. The molecule has 94 valence electrons. The van der Waals surface area contributed by atoms with Gasteiger partial charge in [-0.1, -0.05) is 30.3 Å². The van der Waals surface area contributed by atoms with Gasteiger partial charge in [-0.3, -0.25) is 4.79 Å². The van der Waals surface area contributed by atoms with Crippen LogP contribution in [0.25, 0.3) is 0 Å². The smallest absolute Gasteiger partial charge is 0.249 e. The number of carbonyl (C=O) groups excluding carboxylic acids is 1. The number of hydrazone groups is 1. The zero-order valence-electron chi connectivity index (χ0n) is 10.4. The molecular weight excluding hydrogens is 240 g/mol. The Labute approximate surface area is 111 Å². The third-order valence-corrected chi connectivity index (χ3v) is 3.26. The van der Waals surface area contributed by atoms with Gasteiger partial charge >= 0.3 is 0 Å². The van der Waals surface area contributed by atoms with E-state index < -0.39 is 17.8 Å². The van der Waals surface area contributed by atoms with E-state index >= 15 is 0 Å². The van der Waals surface area contributed by atoms with Gasteiger partial charge in [0.1, 0.15) is 5.92 Å². The van der Waals surface area contributed by atoms with Crippen molar-refractivity contribution in [2.24, 2.45) is 16.9 Å². The Hall–Kier alpha value is -2.66. The molecule has 0 unspecified atom stereocenters. The summed E-state index contributed by atoms with van der Waals surface area (Å²) < 4.78 is 0. The second-order valence-corrected chi connectivity index (χ2v) is 4.38. The number of nitrogens with one attached hydrogen (secondary N) is 1. The second-order valence-electron chi connectivity index (χ2n) is 4.38. The molecule has 5 nitrogen and oxygen atoms in total. The summed E-state index contributed by atoms with van der Waals surface area (Å²) in [4.78, 5) is 11.9. The van der Waals surface area contributed by atoms with Crippen LogP contribution in [-0.4, -0.2) is 11.6 Å². The molecule has 1 aromatic carbocycles. The van der Waals surface area contributed by atoms with Gasteiger partial charge < -0.3 is 0 Å². The average molecular weight is 252 g/mol. The SMILES string of the molecule is CC1=NNC(=O)[C@@H]1[C@@H](c1ccccc1)C(C#N)C#N. The van der Waals surface area contributed by atoms with Gasteiger partial charge in [-0.25, -0.2) is 5.43 Å². The van der Waals surface area contributed by atoms with Crippen molar-refractivity contribution in [2.75, 3.05) is 0 Å². The van der Waals surface area contributed by atoms with Crippen molar-refractivity contribution in [3.8, 4) is 12.1 Å². The molecule has 1 heterocycles. The normalized spacial score (nSPS) is 19.3. The Morgan fingerprint density at radius 1 is 1.26 bits per heavy atom. The molecule has 5 heteroatoms. The average Bonchev–Trinajstić information content (AvgIpc) is 2.77. The molecule has 2 atom stereocenters. The predicted octanol–water partition coefficient (Wildman–Crippen LogP) is 1.56. The fraction of sp³-hybridized carbons (Fsp3) is 0.286. The van der Waals surface area contributed by atoms with Crippen molar-refractivity contribution in [3.63, 3.8) is 0 Å². The summed E-state index contributed by atoms with van der Waals surface area (Å²) in [6.45, 7) is 1.73. The lowest BCUT2D eigenvalue weighted by molar-refractivity contribution is -0.122. The Bertz CT molecular complexity index is 580. The number of rotatable bonds is 3. The van der Waals surface area contributed by atoms with Crippen LogP contribution in [0.3, 0.4) is 0 Å². The van der Waals surface area contributed by atoms with Crippen molar-refractivity contribution in [3.05, 3.63) is 35.9 Å². The van der Waals surface area contributed by atoms with E-state index in [2.05, 4.69) is 10.5 Å². The van der Waals surface area contributed by atoms with Crippen LogP contribution in [0.15, 0.2) is 35.4 Å². The van der Waals surface area contributed by atoms with E-state index in [0.717, 1.165) is 5.56 Å². The zero-order valence-corrected chi connectivity index (χ0v) is 10.4. The highest BCUT2D eigenvalue weighted by Crippen LogP contribution is 2.34. The van der Waals surface area contributed by atoms with Gasteiger partial charge in [-0.05, 0) is 12.5 Å². The summed E-state index contributed by atoms with van der Waals surface area (Å²) in [5, 5.41) is 22.2. The molecule has 0 aromatic heterocycles. The lowest BCUT2D eigenvalue weighted by atomic mass is 9.76. The van der Waals surface area contributed by atoms with E-state index in [1.807, 2.05) is 42.5 Å². The van der Waals surface area contributed by atoms with Crippen molar-refractivity contribution >= 4 is 11.6 Å². The standard InChI is InChI=1S/C14H12N4O/c1-9-12(14(19)18-17-9)13(11(7-15)8-16)10-5-3-2-4-6-10/h2-6,11-13H,1H3,(H,18,19)/t12-,13-/m0/s1. The Balaban J connectivity index is 2.48. The van der Waals surface area contributed by atoms with Gasteiger partial charge in [0, 0.05) is 11.6 Å². The lowest BCUT2D eigenvalue weighted by Crippen LogP contribution is -2.32. The first kappa shape index (κ1) is 12.8. The maximum Gasteiger partial charge on any atom is 0.249 e. The second kappa shape index (κ2) is 5.32. The largest absolute Gasteiger partial charge is 0.272 e. The molecule has 0 bridgehead atoms. The number of carbonyl (C=O) groups is 1. The summed E-state index contributed by atoms with van der Waals surface area (Å²) in [5.74, 6) is -2.21. The molecule has 0 saturated carbocycles. The van der Waals surface area contributed by atoms with E-state index in [0.29, 0.717) is 5.71 Å². The van der Waals surface area contributed by atoms with Crippen LogP contribution in [0.5, 0.6) is 0 Å². The number of hydrogen-bond donors (Lipinski definition) is 1. The van der Waals surface area contributed by atoms with Crippen LogP contribution >= 0.6 is 0 Å². The zero-order chi connectivity index (χ0) is 13.8. The highest BCUT2D eigenvalue weighted by Gasteiger charge is 2.40. The molecule has 1 aliphatic rings. The van der Waals surface area contributed by atoms with Crippen LogP contribution < -0.4 is 5.43 Å². The molecule has 0 saturated heterocycles. The molecule has 0 radical (unpaired) electrons. The van der Waals surface area contributed by atoms with Gasteiger partial charge in [-0.2, -0.15) is 15.6 Å². The monoisotopic (exact) mass is 252 g/mol. The molecular formula is C14H12N4O. The summed E-state index contributed by atoms with van der Waals surface area (Å²) >= 11 is 0. The molecule has 1 amide bonds. The molecule has 0 fully saturated rings. The van der Waals surface area contributed by atoms with E-state index in [1.54, 1.807) is 6.92 Å². The number of nitrogens with zero attached hydrogens (tertiary/aromatic N) is 3. The molecule has 1 N–H and O–H groups in total. The molecule has 1 aliphatic heterocycles. The molecule has 1 aromatic rings.